The molecule has 0 aromatic carbocycles. The number of hydrogen-bond donors (Lipinski definition) is 0. The van der Waals surface area contributed by atoms with Crippen LogP contribution in [0.5, 0.6) is 5.19 Å². The van der Waals surface area contributed by atoms with Gasteiger partial charge in [-0.15, -0.1) is 0 Å². The van der Waals surface area contributed by atoms with Crippen LogP contribution in [0.4, 0.5) is 0 Å². The van der Waals surface area contributed by atoms with Crippen molar-refractivity contribution in [3.63, 3.8) is 0 Å². The topological polar surface area (TPSA) is 40.6 Å². The Morgan fingerprint density at radius 1 is 1.44 bits per heavy atom. The molecule has 4 nitrogen and oxygen atoms in total. The highest BCUT2D eigenvalue weighted by molar-refractivity contribution is 7.12. The van der Waals surface area contributed by atoms with E-state index in [2.05, 4.69) is 4.98 Å². The van der Waals surface area contributed by atoms with Gasteiger partial charge in [-0.2, -0.15) is 0 Å². The van der Waals surface area contributed by atoms with E-state index < -0.39 is 25.4 Å². The molecule has 2 heterocycles. The summed E-state index contributed by atoms with van der Waals surface area (Å²) in [5.41, 5.74) is -0.842. The number of aromatic nitrogens is 1. The summed E-state index contributed by atoms with van der Waals surface area (Å²) in [5, 5.41) is -0.0116. The molecule has 1 aliphatic heterocycles. The number of rotatable bonds is 2. The standard InChI is InChI=1S/C10H16BNO3S/c1-9(2)10(3,4)15-11(14-9)7-6-16-8(12-7)13-5/h6H,1-5H3/i5D3,6D. The second-order valence-corrected chi connectivity index (χ2v) is 5.41. The second kappa shape index (κ2) is 3.72. The molecule has 88 valence electrons. The average molecular weight is 245 g/mol. The summed E-state index contributed by atoms with van der Waals surface area (Å²) in [6, 6.07) is 0. The van der Waals surface area contributed by atoms with Gasteiger partial charge in [-0.1, -0.05) is 11.3 Å². The van der Waals surface area contributed by atoms with Crippen LogP contribution >= 0.6 is 11.3 Å². The number of hydrogen-bond acceptors (Lipinski definition) is 5. The van der Waals surface area contributed by atoms with Crippen LogP contribution in [0.2, 0.25) is 0 Å². The minimum absolute atomic E-state index is 0.0720. The molecular weight excluding hydrogens is 225 g/mol. The minimum Gasteiger partial charge on any atom is -0.473 e. The lowest BCUT2D eigenvalue weighted by molar-refractivity contribution is 0.00578. The van der Waals surface area contributed by atoms with Gasteiger partial charge in [0.1, 0.15) is 0 Å². The molecule has 1 aromatic heterocycles. The van der Waals surface area contributed by atoms with Gasteiger partial charge in [-0.25, -0.2) is 4.98 Å². The summed E-state index contributed by atoms with van der Waals surface area (Å²) in [7, 11) is -3.38. The van der Waals surface area contributed by atoms with Crippen molar-refractivity contribution in [3.05, 3.63) is 5.36 Å². The van der Waals surface area contributed by atoms with Crippen molar-refractivity contribution in [1.82, 2.24) is 4.98 Å². The van der Waals surface area contributed by atoms with Gasteiger partial charge >= 0.3 is 7.12 Å². The van der Waals surface area contributed by atoms with Crippen LogP contribution in [0.1, 0.15) is 33.2 Å². The summed E-state index contributed by atoms with van der Waals surface area (Å²) in [6.07, 6.45) is 0. The van der Waals surface area contributed by atoms with Gasteiger partial charge in [-0.3, -0.25) is 0 Å². The number of methoxy groups -OCH3 is 1. The van der Waals surface area contributed by atoms with Crippen LogP contribution in [0.25, 0.3) is 0 Å². The Morgan fingerprint density at radius 3 is 2.62 bits per heavy atom. The van der Waals surface area contributed by atoms with E-state index in [1.165, 1.54) is 0 Å². The molecule has 0 bridgehead atoms. The fraction of sp³-hybridized carbons (Fsp3) is 0.700. The fourth-order valence-corrected chi connectivity index (χ4v) is 1.86. The third kappa shape index (κ3) is 1.85. The first-order valence-electron chi connectivity index (χ1n) is 6.93. The minimum atomic E-state index is -2.59. The van der Waals surface area contributed by atoms with Crippen molar-refractivity contribution >= 4 is 24.0 Å². The van der Waals surface area contributed by atoms with E-state index in [0.29, 0.717) is 0 Å². The SMILES string of the molecule is [2H]c1sc(OC([2H])([2H])[2H])nc1B1OC(C)(C)C(C)(C)O1. The number of ether oxygens (including phenoxy) is 1. The molecule has 1 saturated heterocycles. The number of nitrogens with zero attached hydrogens (tertiary/aromatic N) is 1. The van der Waals surface area contributed by atoms with Gasteiger partial charge in [0.05, 0.1) is 29.3 Å². The van der Waals surface area contributed by atoms with E-state index in [-0.39, 0.29) is 16.1 Å². The third-order valence-electron chi connectivity index (χ3n) is 3.02. The van der Waals surface area contributed by atoms with Crippen LogP contribution < -0.4 is 10.3 Å². The van der Waals surface area contributed by atoms with E-state index in [0.717, 1.165) is 11.3 Å². The molecule has 0 N–H and O–H groups in total. The first-order valence-corrected chi connectivity index (χ1v) is 5.75. The fourth-order valence-electron chi connectivity index (χ4n) is 1.34. The van der Waals surface area contributed by atoms with E-state index >= 15 is 0 Å². The van der Waals surface area contributed by atoms with E-state index in [1.54, 1.807) is 0 Å². The van der Waals surface area contributed by atoms with E-state index in [1.807, 2.05) is 27.7 Å². The monoisotopic (exact) mass is 245 g/mol. The van der Waals surface area contributed by atoms with Gasteiger partial charge in [0.15, 0.2) is 0 Å². The Kier molecular flexibility index (Phi) is 1.79. The smallest absolute Gasteiger partial charge is 0.473 e. The first kappa shape index (κ1) is 7.69. The molecule has 1 aliphatic rings. The van der Waals surface area contributed by atoms with Crippen molar-refractivity contribution in [2.24, 2.45) is 0 Å². The summed E-state index contributed by atoms with van der Waals surface area (Å²) in [6.45, 7) is 7.57. The predicted octanol–water partition coefficient (Wildman–Crippen LogP) is 1.45. The molecule has 6 heteroatoms. The molecule has 0 aliphatic carbocycles. The highest BCUT2D eigenvalue weighted by Gasteiger charge is 2.52. The molecule has 0 spiro atoms. The highest BCUT2D eigenvalue weighted by Crippen LogP contribution is 2.36. The Balaban J connectivity index is 2.23. The summed E-state index contributed by atoms with van der Waals surface area (Å²) >= 11 is 0.842. The van der Waals surface area contributed by atoms with Crippen LogP contribution in [-0.4, -0.2) is 30.3 Å². The predicted molar refractivity (Wildman–Crippen MR) is 64.4 cm³/mol. The molecule has 0 radical (unpaired) electrons. The van der Waals surface area contributed by atoms with Crippen molar-refractivity contribution in [3.8, 4) is 5.19 Å². The summed E-state index contributed by atoms with van der Waals surface area (Å²) in [4.78, 5) is 4.01. The molecule has 1 fully saturated rings. The maximum atomic E-state index is 7.86. The Morgan fingerprint density at radius 2 is 2.06 bits per heavy atom. The molecule has 0 amide bonds. The lowest BCUT2D eigenvalue weighted by Gasteiger charge is -2.32. The molecule has 0 unspecified atom stereocenters. The Bertz CT molecular complexity index is 501. The number of thiazole rings is 1. The third-order valence-corrected chi connectivity index (χ3v) is 3.68. The maximum Gasteiger partial charge on any atom is 0.515 e. The normalized spacial score (nSPS) is 26.9. The largest absolute Gasteiger partial charge is 0.515 e. The lowest BCUT2D eigenvalue weighted by atomic mass is 9.86. The highest BCUT2D eigenvalue weighted by atomic mass is 32.1. The zero-order valence-electron chi connectivity index (χ0n) is 13.7. The molecule has 1 aromatic rings. The lowest BCUT2D eigenvalue weighted by Crippen LogP contribution is -2.41. The van der Waals surface area contributed by atoms with Gasteiger partial charge in [-0.05, 0) is 27.7 Å². The van der Waals surface area contributed by atoms with Gasteiger partial charge in [0, 0.05) is 5.36 Å². The zero-order valence-corrected chi connectivity index (χ0v) is 10.5. The Labute approximate surface area is 106 Å². The quantitative estimate of drug-likeness (QED) is 0.739. The van der Waals surface area contributed by atoms with Crippen LogP contribution in [0.3, 0.4) is 0 Å². The maximum absolute atomic E-state index is 7.86. The Hall–Kier alpha value is -0.585. The van der Waals surface area contributed by atoms with Crippen molar-refractivity contribution in [2.75, 3.05) is 7.04 Å². The van der Waals surface area contributed by atoms with Gasteiger partial charge in [0.25, 0.3) is 5.19 Å². The van der Waals surface area contributed by atoms with Crippen LogP contribution in [0, 0.1) is 0 Å². The zero-order chi connectivity index (χ0) is 15.3. The average Bonchev–Trinajstić information content (AvgIpc) is 2.63. The molecule has 0 atom stereocenters. The second-order valence-electron chi connectivity index (χ2n) is 4.66. The van der Waals surface area contributed by atoms with Crippen LogP contribution in [-0.2, 0) is 9.31 Å². The molecule has 16 heavy (non-hydrogen) atoms. The van der Waals surface area contributed by atoms with Gasteiger partial charge in [0.2, 0.25) is 0 Å². The summed E-state index contributed by atoms with van der Waals surface area (Å²) in [5.74, 6) is 0. The summed E-state index contributed by atoms with van der Waals surface area (Å²) < 4.78 is 45.2. The van der Waals surface area contributed by atoms with Crippen molar-refractivity contribution < 1.29 is 19.5 Å². The van der Waals surface area contributed by atoms with E-state index in [4.69, 9.17) is 19.5 Å². The van der Waals surface area contributed by atoms with Gasteiger partial charge < -0.3 is 14.0 Å². The van der Waals surface area contributed by atoms with E-state index in [9.17, 15) is 0 Å². The molecule has 2 rings (SSSR count). The molecular formula is C10H16BNO3S. The van der Waals surface area contributed by atoms with Crippen LogP contribution in [0.15, 0.2) is 5.36 Å². The van der Waals surface area contributed by atoms with Crippen molar-refractivity contribution in [2.45, 2.75) is 38.9 Å². The molecule has 0 saturated carbocycles. The van der Waals surface area contributed by atoms with Crippen molar-refractivity contribution in [1.29, 1.82) is 0 Å². The first-order chi connectivity index (χ1) is 8.91.